The Labute approximate surface area is 219 Å². The number of likely N-dealkylation sites (tertiary alicyclic amines) is 1. The van der Waals surface area contributed by atoms with Crippen LogP contribution in [0, 0.1) is 5.92 Å². The zero-order valence-corrected chi connectivity index (χ0v) is 21.0. The van der Waals surface area contributed by atoms with Crippen molar-refractivity contribution in [3.05, 3.63) is 83.4 Å². The second-order valence-electron chi connectivity index (χ2n) is 9.85. The molecular formula is C30H30F3NO4. The molecule has 5 nitrogen and oxygen atoms in total. The highest BCUT2D eigenvalue weighted by molar-refractivity contribution is 5.95. The zero-order valence-electron chi connectivity index (χ0n) is 21.0. The van der Waals surface area contributed by atoms with Crippen LogP contribution in [0.4, 0.5) is 13.2 Å². The monoisotopic (exact) mass is 525 g/mol. The molecule has 0 spiro atoms. The van der Waals surface area contributed by atoms with Gasteiger partial charge >= 0.3 is 0 Å². The number of phenolic OH excluding ortho intramolecular Hbond substituents is 2. The minimum Gasteiger partial charge on any atom is -0.508 e. The number of aromatic hydroxyl groups is 2. The van der Waals surface area contributed by atoms with Crippen molar-refractivity contribution < 1.29 is 32.9 Å². The Morgan fingerprint density at radius 2 is 1.79 bits per heavy atom. The highest BCUT2D eigenvalue weighted by Gasteiger charge is 2.34. The van der Waals surface area contributed by atoms with Gasteiger partial charge in [-0.3, -0.25) is 9.29 Å². The molecule has 0 aromatic heterocycles. The summed E-state index contributed by atoms with van der Waals surface area (Å²) in [6.45, 7) is 2.01. The number of benzene rings is 3. The first-order valence-corrected chi connectivity index (χ1v) is 12.6. The molecule has 0 radical (unpaired) electrons. The van der Waals surface area contributed by atoms with Gasteiger partial charge in [0.25, 0.3) is 6.43 Å². The molecule has 1 saturated heterocycles. The van der Waals surface area contributed by atoms with Gasteiger partial charge in [0.05, 0.1) is 6.67 Å². The Morgan fingerprint density at radius 3 is 2.47 bits per heavy atom. The lowest BCUT2D eigenvalue weighted by atomic mass is 9.86. The molecule has 200 valence electrons. The lowest BCUT2D eigenvalue weighted by Gasteiger charge is -2.31. The van der Waals surface area contributed by atoms with E-state index in [2.05, 4.69) is 0 Å². The predicted molar refractivity (Wildman–Crippen MR) is 139 cm³/mol. The van der Waals surface area contributed by atoms with Gasteiger partial charge in [-0.15, -0.1) is 0 Å². The van der Waals surface area contributed by atoms with Crippen LogP contribution < -0.4 is 9.47 Å². The largest absolute Gasteiger partial charge is 0.508 e. The van der Waals surface area contributed by atoms with Gasteiger partial charge < -0.3 is 19.7 Å². The van der Waals surface area contributed by atoms with Crippen LogP contribution in [0.5, 0.6) is 23.0 Å². The number of ether oxygens (including phenoxy) is 2. The van der Waals surface area contributed by atoms with E-state index in [-0.39, 0.29) is 24.0 Å². The molecule has 0 amide bonds. The maximum absolute atomic E-state index is 13.7. The molecule has 0 bridgehead atoms. The van der Waals surface area contributed by atoms with Crippen LogP contribution in [0.2, 0.25) is 0 Å². The normalized spacial score (nSPS) is 20.3. The van der Waals surface area contributed by atoms with Crippen LogP contribution >= 0.6 is 0 Å². The summed E-state index contributed by atoms with van der Waals surface area (Å²) in [5.74, 6) is 1.11. The average Bonchev–Trinajstić information content (AvgIpc) is 3.38. The molecule has 3 unspecified atom stereocenters. The van der Waals surface area contributed by atoms with E-state index in [9.17, 15) is 23.4 Å². The molecule has 8 heteroatoms. The molecular weight excluding hydrogens is 495 g/mol. The Bertz CT molecular complexity index is 1310. The number of hydrogen-bond donors (Lipinski definition) is 2. The van der Waals surface area contributed by atoms with Gasteiger partial charge in [0, 0.05) is 23.6 Å². The third-order valence-electron chi connectivity index (χ3n) is 7.33. The van der Waals surface area contributed by atoms with E-state index in [1.165, 1.54) is 0 Å². The molecule has 2 aliphatic rings. The van der Waals surface area contributed by atoms with E-state index >= 15 is 0 Å². The minimum absolute atomic E-state index is 0.122. The molecule has 0 saturated carbocycles. The smallest absolute Gasteiger partial charge is 0.257 e. The number of nitrogens with zero attached hydrogens (tertiary/aromatic N) is 1. The quantitative estimate of drug-likeness (QED) is 0.353. The van der Waals surface area contributed by atoms with E-state index in [4.69, 9.17) is 9.47 Å². The van der Waals surface area contributed by atoms with Crippen molar-refractivity contribution >= 4 is 11.1 Å². The Hall–Kier alpha value is -3.65. The molecule has 2 aliphatic heterocycles. The predicted octanol–water partition coefficient (Wildman–Crippen LogP) is 6.47. The SMILES string of the molecule is CC1=C(c2cccc(O)c2)C(c2ccc(OCC(C(F)F)N3CCC(CF)C3)cc2)Oc2ccc(O)cc21. The minimum atomic E-state index is -2.60. The first-order chi connectivity index (χ1) is 18.3. The van der Waals surface area contributed by atoms with Gasteiger partial charge in [0.15, 0.2) is 0 Å². The molecule has 3 aromatic rings. The van der Waals surface area contributed by atoms with Crippen LogP contribution in [-0.2, 0) is 0 Å². The first-order valence-electron chi connectivity index (χ1n) is 12.6. The maximum Gasteiger partial charge on any atom is 0.257 e. The summed E-state index contributed by atoms with van der Waals surface area (Å²) in [7, 11) is 0. The number of fused-ring (bicyclic) bond motifs is 1. The molecule has 3 atom stereocenters. The Balaban J connectivity index is 1.39. The fraction of sp³-hybridized carbons (Fsp3) is 0.333. The summed E-state index contributed by atoms with van der Waals surface area (Å²) < 4.78 is 52.6. The molecule has 0 aliphatic carbocycles. The highest BCUT2D eigenvalue weighted by atomic mass is 19.3. The zero-order chi connectivity index (χ0) is 26.8. The molecule has 5 rings (SSSR count). The standard InChI is InChI=1S/C30H30F3NO4/c1-18-25-14-23(36)7-10-27(25)38-29(28(18)21-3-2-4-22(35)13-21)20-5-8-24(9-6-20)37-17-26(30(32)33)34-12-11-19(15-31)16-34/h2-10,13-14,19,26,29-30,35-36H,11-12,15-17H2,1H3. The van der Waals surface area contributed by atoms with E-state index in [0.29, 0.717) is 31.0 Å². The van der Waals surface area contributed by atoms with E-state index in [1.807, 2.05) is 25.1 Å². The van der Waals surface area contributed by atoms with Crippen molar-refractivity contribution in [2.75, 3.05) is 26.4 Å². The third kappa shape index (κ3) is 5.31. The Kier molecular flexibility index (Phi) is 7.51. The maximum atomic E-state index is 13.7. The summed E-state index contributed by atoms with van der Waals surface area (Å²) in [4.78, 5) is 1.61. The van der Waals surface area contributed by atoms with Crippen molar-refractivity contribution in [3.8, 4) is 23.0 Å². The second-order valence-corrected chi connectivity index (χ2v) is 9.85. The second kappa shape index (κ2) is 11.0. The molecule has 3 aromatic carbocycles. The fourth-order valence-electron chi connectivity index (χ4n) is 5.27. The van der Waals surface area contributed by atoms with Gasteiger partial charge in [0.1, 0.15) is 41.8 Å². The average molecular weight is 526 g/mol. The van der Waals surface area contributed by atoms with Gasteiger partial charge in [0.2, 0.25) is 0 Å². The van der Waals surface area contributed by atoms with Crippen molar-refractivity contribution in [1.29, 1.82) is 0 Å². The van der Waals surface area contributed by atoms with Crippen LogP contribution in [0.1, 0.15) is 36.1 Å². The van der Waals surface area contributed by atoms with E-state index in [0.717, 1.165) is 27.8 Å². The number of rotatable bonds is 8. The highest BCUT2D eigenvalue weighted by Crippen LogP contribution is 2.47. The van der Waals surface area contributed by atoms with Crippen LogP contribution in [0.15, 0.2) is 66.7 Å². The van der Waals surface area contributed by atoms with Gasteiger partial charge in [-0.1, -0.05) is 24.3 Å². The van der Waals surface area contributed by atoms with Gasteiger partial charge in [-0.05, 0) is 79.1 Å². The van der Waals surface area contributed by atoms with Crippen molar-refractivity contribution in [2.45, 2.75) is 31.9 Å². The number of halogens is 3. The molecule has 2 heterocycles. The fourth-order valence-corrected chi connectivity index (χ4v) is 5.27. The van der Waals surface area contributed by atoms with Crippen LogP contribution in [0.3, 0.4) is 0 Å². The van der Waals surface area contributed by atoms with Gasteiger partial charge in [-0.2, -0.15) is 0 Å². The summed E-state index contributed by atoms with van der Waals surface area (Å²) in [6, 6.07) is 17.8. The summed E-state index contributed by atoms with van der Waals surface area (Å²) >= 11 is 0. The molecule has 2 N–H and O–H groups in total. The summed E-state index contributed by atoms with van der Waals surface area (Å²) in [5, 5.41) is 20.2. The Morgan fingerprint density at radius 1 is 1.03 bits per heavy atom. The number of hydrogen-bond acceptors (Lipinski definition) is 5. The van der Waals surface area contributed by atoms with Crippen molar-refractivity contribution in [2.24, 2.45) is 5.92 Å². The number of allylic oxidation sites excluding steroid dienone is 1. The van der Waals surface area contributed by atoms with Gasteiger partial charge in [-0.25, -0.2) is 8.78 Å². The lowest BCUT2D eigenvalue weighted by Crippen LogP contribution is -2.43. The van der Waals surface area contributed by atoms with Crippen LogP contribution in [-0.4, -0.2) is 54.0 Å². The lowest BCUT2D eigenvalue weighted by molar-refractivity contribution is 0.00947. The van der Waals surface area contributed by atoms with Crippen molar-refractivity contribution in [3.63, 3.8) is 0 Å². The topological polar surface area (TPSA) is 62.2 Å². The number of phenols is 2. The summed E-state index contributed by atoms with van der Waals surface area (Å²) in [6.07, 6.45) is -2.54. The number of alkyl halides is 3. The van der Waals surface area contributed by atoms with Crippen LogP contribution in [0.25, 0.3) is 11.1 Å². The summed E-state index contributed by atoms with van der Waals surface area (Å²) in [5.41, 5.74) is 4.08. The van der Waals surface area contributed by atoms with E-state index in [1.54, 1.807) is 53.4 Å². The van der Waals surface area contributed by atoms with Crippen molar-refractivity contribution in [1.82, 2.24) is 4.90 Å². The molecule has 1 fully saturated rings. The first kappa shape index (κ1) is 26.0. The van der Waals surface area contributed by atoms with E-state index < -0.39 is 25.2 Å². The third-order valence-corrected chi connectivity index (χ3v) is 7.33. The molecule has 38 heavy (non-hydrogen) atoms.